The summed E-state index contributed by atoms with van der Waals surface area (Å²) in [5.41, 5.74) is 1.09. The highest BCUT2D eigenvalue weighted by atomic mass is 32.1. The Hall–Kier alpha value is -2.80. The van der Waals surface area contributed by atoms with Gasteiger partial charge in [0.15, 0.2) is 16.6 Å². The van der Waals surface area contributed by atoms with Crippen molar-refractivity contribution in [1.82, 2.24) is 5.32 Å². The zero-order chi connectivity index (χ0) is 19.8. The van der Waals surface area contributed by atoms with Crippen LogP contribution in [0.5, 0.6) is 17.2 Å². The summed E-state index contributed by atoms with van der Waals surface area (Å²) >= 11 is 5.25. The predicted octanol–water partition coefficient (Wildman–Crippen LogP) is 3.87. The van der Waals surface area contributed by atoms with Crippen molar-refractivity contribution < 1.29 is 19.0 Å². The van der Waals surface area contributed by atoms with E-state index >= 15 is 0 Å². The Balaban J connectivity index is 2.05. The van der Waals surface area contributed by atoms with Crippen molar-refractivity contribution in [2.75, 3.05) is 26.1 Å². The van der Waals surface area contributed by atoms with Crippen molar-refractivity contribution in [1.29, 1.82) is 0 Å². The third-order valence-corrected chi connectivity index (χ3v) is 3.78. The van der Waals surface area contributed by atoms with Crippen molar-refractivity contribution in [2.24, 2.45) is 5.92 Å². The molecule has 0 unspecified atom stereocenters. The van der Waals surface area contributed by atoms with E-state index in [0.717, 1.165) is 0 Å². The number of carbonyl (C=O) groups excluding carboxylic acids is 1. The summed E-state index contributed by atoms with van der Waals surface area (Å²) in [4.78, 5) is 12.6. The average Bonchev–Trinajstić information content (AvgIpc) is 2.66. The maximum atomic E-state index is 12.6. The molecule has 0 aliphatic rings. The number of carbonyl (C=O) groups is 1. The molecule has 6 nitrogen and oxygen atoms in total. The minimum Gasteiger partial charge on any atom is -0.493 e. The fourth-order valence-corrected chi connectivity index (χ4v) is 2.49. The maximum absolute atomic E-state index is 12.6. The summed E-state index contributed by atoms with van der Waals surface area (Å²) in [6.45, 7) is 4.62. The van der Waals surface area contributed by atoms with E-state index in [1.54, 1.807) is 50.6 Å². The van der Waals surface area contributed by atoms with Crippen LogP contribution in [0, 0.1) is 5.92 Å². The molecule has 0 aliphatic carbocycles. The first-order valence-corrected chi connectivity index (χ1v) is 8.91. The Kier molecular flexibility index (Phi) is 7.43. The molecular weight excluding hydrogens is 364 g/mol. The SMILES string of the molecule is COc1ccc(NC(=S)NC(=O)c2ccccc2OCC(C)C)cc1OC. The van der Waals surface area contributed by atoms with Crippen LogP contribution in [0.3, 0.4) is 0 Å². The maximum Gasteiger partial charge on any atom is 0.261 e. The summed E-state index contributed by atoms with van der Waals surface area (Å²) in [5.74, 6) is 1.71. The van der Waals surface area contributed by atoms with Gasteiger partial charge in [0.2, 0.25) is 0 Å². The van der Waals surface area contributed by atoms with Crippen molar-refractivity contribution >= 4 is 28.9 Å². The summed E-state index contributed by atoms with van der Waals surface area (Å²) in [6, 6.07) is 12.3. The molecule has 2 N–H and O–H groups in total. The normalized spacial score (nSPS) is 10.3. The van der Waals surface area contributed by atoms with E-state index in [9.17, 15) is 4.79 Å². The molecule has 27 heavy (non-hydrogen) atoms. The number of ether oxygens (including phenoxy) is 3. The van der Waals surface area contributed by atoms with E-state index in [1.165, 1.54) is 0 Å². The first-order chi connectivity index (χ1) is 12.9. The number of anilines is 1. The van der Waals surface area contributed by atoms with Gasteiger partial charge in [0, 0.05) is 11.8 Å². The Labute approximate surface area is 164 Å². The first kappa shape index (κ1) is 20.5. The second-order valence-corrected chi connectivity index (χ2v) is 6.59. The molecule has 0 aromatic heterocycles. The number of hydrogen-bond acceptors (Lipinski definition) is 5. The van der Waals surface area contributed by atoms with E-state index in [0.29, 0.717) is 41.0 Å². The van der Waals surface area contributed by atoms with Crippen LogP contribution in [-0.4, -0.2) is 31.8 Å². The van der Waals surface area contributed by atoms with Gasteiger partial charge < -0.3 is 19.5 Å². The van der Waals surface area contributed by atoms with Gasteiger partial charge in [-0.15, -0.1) is 0 Å². The number of rotatable bonds is 7. The Bertz CT molecular complexity index is 808. The lowest BCUT2D eigenvalue weighted by Crippen LogP contribution is -2.34. The highest BCUT2D eigenvalue weighted by Gasteiger charge is 2.14. The summed E-state index contributed by atoms with van der Waals surface area (Å²) in [7, 11) is 3.12. The van der Waals surface area contributed by atoms with E-state index in [1.807, 2.05) is 19.9 Å². The topological polar surface area (TPSA) is 68.8 Å². The van der Waals surface area contributed by atoms with Gasteiger partial charge >= 0.3 is 0 Å². The third-order valence-electron chi connectivity index (χ3n) is 3.57. The fourth-order valence-electron chi connectivity index (χ4n) is 2.28. The smallest absolute Gasteiger partial charge is 0.261 e. The largest absolute Gasteiger partial charge is 0.493 e. The van der Waals surface area contributed by atoms with E-state index in [4.69, 9.17) is 26.4 Å². The first-order valence-electron chi connectivity index (χ1n) is 8.50. The third kappa shape index (κ3) is 5.86. The zero-order valence-electron chi connectivity index (χ0n) is 15.9. The number of amides is 1. The monoisotopic (exact) mass is 388 g/mol. The van der Waals surface area contributed by atoms with E-state index in [-0.39, 0.29) is 11.0 Å². The number of benzene rings is 2. The molecule has 0 heterocycles. The van der Waals surface area contributed by atoms with Crippen LogP contribution < -0.4 is 24.8 Å². The molecule has 1 amide bonds. The van der Waals surface area contributed by atoms with Crippen molar-refractivity contribution in [3.63, 3.8) is 0 Å². The Morgan fingerprint density at radius 3 is 2.41 bits per heavy atom. The minimum atomic E-state index is -0.340. The lowest BCUT2D eigenvalue weighted by atomic mass is 10.2. The molecule has 2 aromatic rings. The molecule has 0 fully saturated rings. The number of para-hydroxylation sites is 1. The van der Waals surface area contributed by atoms with Crippen LogP contribution in [0.2, 0.25) is 0 Å². The van der Waals surface area contributed by atoms with Gasteiger partial charge in [-0.25, -0.2) is 0 Å². The molecule has 2 rings (SSSR count). The van der Waals surface area contributed by atoms with Crippen LogP contribution in [0.1, 0.15) is 24.2 Å². The van der Waals surface area contributed by atoms with Crippen molar-refractivity contribution in [2.45, 2.75) is 13.8 Å². The minimum absolute atomic E-state index is 0.172. The van der Waals surface area contributed by atoms with Crippen LogP contribution in [0.15, 0.2) is 42.5 Å². The summed E-state index contributed by atoms with van der Waals surface area (Å²) in [5, 5.41) is 5.80. The average molecular weight is 388 g/mol. The standard InChI is InChI=1S/C20H24N2O4S/c1-13(2)12-26-16-8-6-5-7-15(16)19(23)22-20(27)21-14-9-10-17(24-3)18(11-14)25-4/h5-11,13H,12H2,1-4H3,(H2,21,22,23,27). The van der Waals surface area contributed by atoms with E-state index < -0.39 is 0 Å². The molecule has 7 heteroatoms. The van der Waals surface area contributed by atoms with Gasteiger partial charge in [0.1, 0.15) is 5.75 Å². The van der Waals surface area contributed by atoms with Crippen LogP contribution in [-0.2, 0) is 0 Å². The molecule has 0 saturated heterocycles. The zero-order valence-corrected chi connectivity index (χ0v) is 16.7. The van der Waals surface area contributed by atoms with Gasteiger partial charge in [-0.1, -0.05) is 26.0 Å². The molecule has 0 atom stereocenters. The lowest BCUT2D eigenvalue weighted by Gasteiger charge is -2.15. The van der Waals surface area contributed by atoms with E-state index in [2.05, 4.69) is 10.6 Å². The number of methoxy groups -OCH3 is 2. The molecular formula is C20H24N2O4S. The van der Waals surface area contributed by atoms with Gasteiger partial charge in [-0.3, -0.25) is 10.1 Å². The van der Waals surface area contributed by atoms with Gasteiger partial charge in [0.05, 0.1) is 26.4 Å². The van der Waals surface area contributed by atoms with Crippen LogP contribution >= 0.6 is 12.2 Å². The lowest BCUT2D eigenvalue weighted by molar-refractivity contribution is 0.0973. The van der Waals surface area contributed by atoms with Gasteiger partial charge in [-0.05, 0) is 42.4 Å². The number of hydrogen-bond donors (Lipinski definition) is 2. The van der Waals surface area contributed by atoms with Crippen molar-refractivity contribution in [3.8, 4) is 17.2 Å². The Morgan fingerprint density at radius 1 is 1.04 bits per heavy atom. The molecule has 0 spiro atoms. The summed E-state index contributed by atoms with van der Waals surface area (Å²) < 4.78 is 16.2. The molecule has 0 bridgehead atoms. The van der Waals surface area contributed by atoms with Gasteiger partial charge in [0.25, 0.3) is 5.91 Å². The molecule has 0 saturated carbocycles. The van der Waals surface area contributed by atoms with Crippen molar-refractivity contribution in [3.05, 3.63) is 48.0 Å². The number of nitrogens with one attached hydrogen (secondary N) is 2. The molecule has 0 radical (unpaired) electrons. The highest BCUT2D eigenvalue weighted by Crippen LogP contribution is 2.29. The predicted molar refractivity (Wildman–Crippen MR) is 110 cm³/mol. The second-order valence-electron chi connectivity index (χ2n) is 6.18. The number of thiocarbonyl (C=S) groups is 1. The summed E-state index contributed by atoms with van der Waals surface area (Å²) in [6.07, 6.45) is 0. The molecule has 0 aliphatic heterocycles. The van der Waals surface area contributed by atoms with Gasteiger partial charge in [-0.2, -0.15) is 0 Å². The quantitative estimate of drug-likeness (QED) is 0.702. The highest BCUT2D eigenvalue weighted by molar-refractivity contribution is 7.80. The van der Waals surface area contributed by atoms with Crippen LogP contribution in [0.4, 0.5) is 5.69 Å². The van der Waals surface area contributed by atoms with Crippen LogP contribution in [0.25, 0.3) is 0 Å². The molecule has 144 valence electrons. The molecule has 2 aromatic carbocycles. The fraction of sp³-hybridized carbons (Fsp3) is 0.300. The Morgan fingerprint density at radius 2 is 1.74 bits per heavy atom. The second kappa shape index (κ2) is 9.78.